The number of para-hydroxylation sites is 1. The molecule has 0 aliphatic carbocycles. The van der Waals surface area contributed by atoms with Crippen LogP contribution < -0.4 is 5.32 Å². The van der Waals surface area contributed by atoms with Crippen molar-refractivity contribution in [1.29, 1.82) is 0 Å². The van der Waals surface area contributed by atoms with E-state index in [4.69, 9.17) is 0 Å². The van der Waals surface area contributed by atoms with Crippen LogP contribution in [-0.4, -0.2) is 4.98 Å². The van der Waals surface area contributed by atoms with Gasteiger partial charge in [-0.05, 0) is 29.2 Å². The highest BCUT2D eigenvalue weighted by molar-refractivity contribution is 5.52. The molecule has 0 amide bonds. The predicted octanol–water partition coefficient (Wildman–Crippen LogP) is 3.75. The van der Waals surface area contributed by atoms with Crippen LogP contribution >= 0.6 is 0 Å². The van der Waals surface area contributed by atoms with Crippen LogP contribution in [0, 0.1) is 0 Å². The normalized spacial score (nSPS) is 10.7. The van der Waals surface area contributed by atoms with Gasteiger partial charge in [-0.25, -0.2) is 0 Å². The van der Waals surface area contributed by atoms with Gasteiger partial charge >= 0.3 is 0 Å². The molecule has 0 fully saturated rings. The lowest BCUT2D eigenvalue weighted by Gasteiger charge is -2.13. The number of anilines is 1. The molecule has 0 saturated carbocycles. The molecule has 0 atom stereocenters. The van der Waals surface area contributed by atoms with E-state index in [-0.39, 0.29) is 0 Å². The second-order valence-electron chi connectivity index (χ2n) is 4.31. The Kier molecular flexibility index (Phi) is 3.30. The third-order valence-electron chi connectivity index (χ3n) is 2.73. The van der Waals surface area contributed by atoms with Crippen molar-refractivity contribution in [3.8, 4) is 0 Å². The lowest BCUT2D eigenvalue weighted by Crippen LogP contribution is -2.02. The van der Waals surface area contributed by atoms with Gasteiger partial charge in [-0.3, -0.25) is 0 Å². The van der Waals surface area contributed by atoms with E-state index in [0.29, 0.717) is 5.92 Å². The van der Waals surface area contributed by atoms with E-state index in [1.807, 2.05) is 12.4 Å². The van der Waals surface area contributed by atoms with Crippen LogP contribution in [0.1, 0.15) is 30.9 Å². The first kappa shape index (κ1) is 10.8. The summed E-state index contributed by atoms with van der Waals surface area (Å²) in [5, 5.41) is 3.48. The van der Waals surface area contributed by atoms with Gasteiger partial charge in [0.25, 0.3) is 0 Å². The second-order valence-corrected chi connectivity index (χ2v) is 4.31. The second kappa shape index (κ2) is 4.88. The molecule has 0 aliphatic heterocycles. The van der Waals surface area contributed by atoms with Crippen molar-refractivity contribution < 1.29 is 0 Å². The average molecular weight is 214 g/mol. The van der Waals surface area contributed by atoms with E-state index in [2.05, 4.69) is 54.5 Å². The van der Waals surface area contributed by atoms with Gasteiger partial charge in [0, 0.05) is 24.6 Å². The zero-order valence-electron chi connectivity index (χ0n) is 9.83. The Morgan fingerprint density at radius 3 is 2.69 bits per heavy atom. The fraction of sp³-hybridized carbons (Fsp3) is 0.286. The van der Waals surface area contributed by atoms with Crippen LogP contribution in [-0.2, 0) is 6.54 Å². The molecule has 1 aromatic carbocycles. The SMILES string of the molecule is CC(C)c1ccccc1NCc1cc[nH]c1. The number of aromatic amines is 1. The first-order valence-corrected chi connectivity index (χ1v) is 5.72. The van der Waals surface area contributed by atoms with Crippen molar-refractivity contribution in [3.63, 3.8) is 0 Å². The van der Waals surface area contributed by atoms with Gasteiger partial charge in [0.2, 0.25) is 0 Å². The molecule has 84 valence electrons. The first-order valence-electron chi connectivity index (χ1n) is 5.72. The number of H-pyrrole nitrogens is 1. The highest BCUT2D eigenvalue weighted by atomic mass is 14.9. The summed E-state index contributed by atoms with van der Waals surface area (Å²) in [6, 6.07) is 10.6. The Balaban J connectivity index is 2.09. The minimum atomic E-state index is 0.551. The first-order chi connectivity index (χ1) is 7.77. The van der Waals surface area contributed by atoms with Crippen LogP contribution in [0.5, 0.6) is 0 Å². The van der Waals surface area contributed by atoms with Gasteiger partial charge in [0.1, 0.15) is 0 Å². The predicted molar refractivity (Wildman–Crippen MR) is 68.7 cm³/mol. The van der Waals surface area contributed by atoms with Crippen molar-refractivity contribution in [2.45, 2.75) is 26.3 Å². The molecule has 1 heterocycles. The van der Waals surface area contributed by atoms with E-state index in [0.717, 1.165) is 6.54 Å². The van der Waals surface area contributed by atoms with E-state index in [1.165, 1.54) is 16.8 Å². The number of nitrogens with one attached hydrogen (secondary N) is 2. The molecule has 0 spiro atoms. The van der Waals surface area contributed by atoms with Crippen molar-refractivity contribution >= 4 is 5.69 Å². The van der Waals surface area contributed by atoms with E-state index in [9.17, 15) is 0 Å². The van der Waals surface area contributed by atoms with E-state index >= 15 is 0 Å². The Morgan fingerprint density at radius 1 is 1.19 bits per heavy atom. The van der Waals surface area contributed by atoms with Crippen LogP contribution in [0.15, 0.2) is 42.7 Å². The molecule has 0 aliphatic rings. The molecule has 0 radical (unpaired) electrons. The van der Waals surface area contributed by atoms with Gasteiger partial charge in [-0.2, -0.15) is 0 Å². The van der Waals surface area contributed by atoms with E-state index in [1.54, 1.807) is 0 Å². The standard InChI is InChI=1S/C14H18N2/c1-11(2)13-5-3-4-6-14(13)16-10-12-7-8-15-9-12/h3-9,11,15-16H,10H2,1-2H3. The molecule has 2 N–H and O–H groups in total. The molecule has 0 unspecified atom stereocenters. The highest BCUT2D eigenvalue weighted by Gasteiger charge is 2.04. The number of hydrogen-bond donors (Lipinski definition) is 2. The summed E-state index contributed by atoms with van der Waals surface area (Å²) in [6.07, 6.45) is 3.97. The molecular formula is C14H18N2. The van der Waals surface area contributed by atoms with Gasteiger partial charge < -0.3 is 10.3 Å². The molecule has 0 bridgehead atoms. The van der Waals surface area contributed by atoms with E-state index < -0.39 is 0 Å². The zero-order valence-corrected chi connectivity index (χ0v) is 9.83. The third kappa shape index (κ3) is 2.45. The van der Waals surface area contributed by atoms with Crippen molar-refractivity contribution in [2.24, 2.45) is 0 Å². The van der Waals surface area contributed by atoms with Crippen LogP contribution in [0.4, 0.5) is 5.69 Å². The summed E-state index contributed by atoms with van der Waals surface area (Å²) >= 11 is 0. The molecule has 0 saturated heterocycles. The number of hydrogen-bond acceptors (Lipinski definition) is 1. The molecule has 2 aromatic rings. The minimum Gasteiger partial charge on any atom is -0.381 e. The van der Waals surface area contributed by atoms with Crippen molar-refractivity contribution in [2.75, 3.05) is 5.32 Å². The molecule has 2 rings (SSSR count). The topological polar surface area (TPSA) is 27.8 Å². The Morgan fingerprint density at radius 2 is 2.00 bits per heavy atom. The lowest BCUT2D eigenvalue weighted by atomic mass is 10.0. The van der Waals surface area contributed by atoms with Gasteiger partial charge in [0.05, 0.1) is 0 Å². The minimum absolute atomic E-state index is 0.551. The number of rotatable bonds is 4. The summed E-state index contributed by atoms with van der Waals surface area (Å²) in [7, 11) is 0. The molecular weight excluding hydrogens is 196 g/mol. The summed E-state index contributed by atoms with van der Waals surface area (Å²) in [4.78, 5) is 3.06. The lowest BCUT2D eigenvalue weighted by molar-refractivity contribution is 0.865. The van der Waals surface area contributed by atoms with Gasteiger partial charge in [-0.15, -0.1) is 0 Å². The molecule has 2 heteroatoms. The summed E-state index contributed by atoms with van der Waals surface area (Å²) < 4.78 is 0. The Hall–Kier alpha value is -1.70. The number of aromatic nitrogens is 1. The molecule has 16 heavy (non-hydrogen) atoms. The smallest absolute Gasteiger partial charge is 0.0415 e. The van der Waals surface area contributed by atoms with Crippen molar-refractivity contribution in [1.82, 2.24) is 4.98 Å². The van der Waals surface area contributed by atoms with Crippen molar-refractivity contribution in [3.05, 3.63) is 53.9 Å². The summed E-state index contributed by atoms with van der Waals surface area (Å²) in [5.74, 6) is 0.551. The van der Waals surface area contributed by atoms with Crippen LogP contribution in [0.3, 0.4) is 0 Å². The fourth-order valence-corrected chi connectivity index (χ4v) is 1.83. The van der Waals surface area contributed by atoms with Crippen LogP contribution in [0.2, 0.25) is 0 Å². The average Bonchev–Trinajstić information content (AvgIpc) is 2.79. The quantitative estimate of drug-likeness (QED) is 0.797. The Labute approximate surface area is 96.7 Å². The molecule has 1 aromatic heterocycles. The molecule has 2 nitrogen and oxygen atoms in total. The maximum absolute atomic E-state index is 3.48. The maximum atomic E-state index is 3.48. The monoisotopic (exact) mass is 214 g/mol. The summed E-state index contributed by atoms with van der Waals surface area (Å²) in [6.45, 7) is 5.31. The third-order valence-corrected chi connectivity index (χ3v) is 2.73. The van der Waals surface area contributed by atoms with Gasteiger partial charge in [0.15, 0.2) is 0 Å². The highest BCUT2D eigenvalue weighted by Crippen LogP contribution is 2.23. The fourth-order valence-electron chi connectivity index (χ4n) is 1.83. The maximum Gasteiger partial charge on any atom is 0.0415 e. The zero-order chi connectivity index (χ0) is 11.4. The van der Waals surface area contributed by atoms with Gasteiger partial charge in [-0.1, -0.05) is 32.0 Å². The Bertz CT molecular complexity index is 430. The summed E-state index contributed by atoms with van der Waals surface area (Å²) in [5.41, 5.74) is 3.88. The van der Waals surface area contributed by atoms with Crippen LogP contribution in [0.25, 0.3) is 0 Å². The largest absolute Gasteiger partial charge is 0.381 e. The number of benzene rings is 1.